The van der Waals surface area contributed by atoms with E-state index in [0.717, 1.165) is 6.42 Å². The number of hydrogen-bond donors (Lipinski definition) is 0. The van der Waals surface area contributed by atoms with Gasteiger partial charge in [0.05, 0.1) is 11.7 Å². The van der Waals surface area contributed by atoms with Crippen LogP contribution in [0.25, 0.3) is 0 Å². The molecule has 0 N–H and O–H groups in total. The fourth-order valence-corrected chi connectivity index (χ4v) is 5.18. The summed E-state index contributed by atoms with van der Waals surface area (Å²) in [5.41, 5.74) is -0.379. The molecule has 2 aliphatic heterocycles. The maximum Gasteiger partial charge on any atom is 0.262 e. The van der Waals surface area contributed by atoms with Gasteiger partial charge in [-0.3, -0.25) is 4.79 Å². The summed E-state index contributed by atoms with van der Waals surface area (Å²) >= 11 is 0. The minimum atomic E-state index is -3.60. The summed E-state index contributed by atoms with van der Waals surface area (Å²) in [6, 6.07) is 0. The third-order valence-electron chi connectivity index (χ3n) is 5.71. The van der Waals surface area contributed by atoms with E-state index in [4.69, 9.17) is 9.47 Å². The number of aromatic nitrogens is 2. The molecule has 1 aromatic rings. The first-order valence-corrected chi connectivity index (χ1v) is 11.0. The van der Waals surface area contributed by atoms with Crippen molar-refractivity contribution in [1.82, 2.24) is 18.8 Å². The van der Waals surface area contributed by atoms with E-state index < -0.39 is 10.0 Å². The Kier molecular flexibility index (Phi) is 6.14. The van der Waals surface area contributed by atoms with Crippen LogP contribution in [0.15, 0.2) is 11.2 Å². The van der Waals surface area contributed by atoms with Gasteiger partial charge < -0.3 is 18.9 Å². The number of carbonyl (C=O) groups is 1. The van der Waals surface area contributed by atoms with Crippen molar-refractivity contribution in [2.45, 2.75) is 49.3 Å². The zero-order valence-corrected chi connectivity index (χ0v) is 17.9. The molecule has 2 fully saturated rings. The van der Waals surface area contributed by atoms with E-state index in [1.54, 1.807) is 38.8 Å². The van der Waals surface area contributed by atoms with Crippen molar-refractivity contribution in [3.05, 3.63) is 12.0 Å². The molecule has 0 saturated carbocycles. The van der Waals surface area contributed by atoms with E-state index in [2.05, 4.69) is 4.98 Å². The minimum Gasteiger partial charge on any atom is -0.375 e. The second kappa shape index (κ2) is 8.10. The summed E-state index contributed by atoms with van der Waals surface area (Å²) in [4.78, 5) is 17.4. The fraction of sp³-hybridized carbons (Fsp3) is 0.778. The maximum absolute atomic E-state index is 12.9. The molecule has 0 aliphatic carbocycles. The monoisotopic (exact) mass is 414 g/mol. The summed E-state index contributed by atoms with van der Waals surface area (Å²) < 4.78 is 40.8. The molecular formula is C18H30N4O5S. The second-order valence-corrected chi connectivity index (χ2v) is 9.77. The second-order valence-electron chi connectivity index (χ2n) is 7.89. The van der Waals surface area contributed by atoms with Crippen LogP contribution in [0.1, 0.15) is 31.5 Å². The average molecular weight is 415 g/mol. The van der Waals surface area contributed by atoms with Gasteiger partial charge in [-0.25, -0.2) is 13.4 Å². The van der Waals surface area contributed by atoms with Crippen LogP contribution in [0.4, 0.5) is 0 Å². The summed E-state index contributed by atoms with van der Waals surface area (Å²) in [6.45, 7) is 3.18. The Bertz CT molecular complexity index is 792. The summed E-state index contributed by atoms with van der Waals surface area (Å²) in [5, 5.41) is 0.0939. The summed E-state index contributed by atoms with van der Waals surface area (Å²) in [6.07, 6.45) is 4.16. The van der Waals surface area contributed by atoms with Gasteiger partial charge in [-0.05, 0) is 26.2 Å². The molecular weight excluding hydrogens is 384 g/mol. The normalized spacial score (nSPS) is 23.1. The molecule has 1 unspecified atom stereocenters. The van der Waals surface area contributed by atoms with Gasteiger partial charge >= 0.3 is 0 Å². The third-order valence-corrected chi connectivity index (χ3v) is 7.48. The Morgan fingerprint density at radius 2 is 2.07 bits per heavy atom. The zero-order chi connectivity index (χ0) is 20.5. The van der Waals surface area contributed by atoms with E-state index in [0.29, 0.717) is 44.8 Å². The molecule has 2 aliphatic rings. The van der Waals surface area contributed by atoms with Gasteiger partial charge in [0, 0.05) is 53.5 Å². The Labute approximate surface area is 166 Å². The zero-order valence-electron chi connectivity index (χ0n) is 17.0. The summed E-state index contributed by atoms with van der Waals surface area (Å²) in [7, 11) is 1.59. The smallest absolute Gasteiger partial charge is 0.262 e. The number of nitrogens with zero attached hydrogens (tertiary/aromatic N) is 4. The Balaban J connectivity index is 1.60. The fourth-order valence-electron chi connectivity index (χ4n) is 3.71. The lowest BCUT2D eigenvalue weighted by Gasteiger charge is -2.45. The summed E-state index contributed by atoms with van der Waals surface area (Å²) in [5.74, 6) is 0.599. The Hall–Kier alpha value is -1.49. The van der Waals surface area contributed by atoms with Crippen molar-refractivity contribution in [3.8, 4) is 0 Å². The van der Waals surface area contributed by atoms with Crippen molar-refractivity contribution >= 4 is 15.9 Å². The highest BCUT2D eigenvalue weighted by Gasteiger charge is 2.43. The minimum absolute atomic E-state index is 0.0424. The number of piperidine rings is 1. The third kappa shape index (κ3) is 4.40. The average Bonchev–Trinajstić information content (AvgIpc) is 3.00. The molecule has 158 valence electrons. The van der Waals surface area contributed by atoms with Crippen LogP contribution in [0.3, 0.4) is 0 Å². The molecule has 1 amide bonds. The number of carbonyl (C=O) groups excluding carboxylic acids is 1. The molecule has 9 nitrogen and oxygen atoms in total. The number of ether oxygens (including phenoxy) is 2. The number of hydrogen-bond acceptors (Lipinski definition) is 6. The highest BCUT2D eigenvalue weighted by molar-refractivity contribution is 7.89. The number of sulfonamides is 1. The van der Waals surface area contributed by atoms with Crippen molar-refractivity contribution < 1.29 is 22.7 Å². The Morgan fingerprint density at radius 1 is 1.39 bits per heavy atom. The van der Waals surface area contributed by atoms with Crippen molar-refractivity contribution in [2.24, 2.45) is 7.05 Å². The maximum atomic E-state index is 12.9. The van der Waals surface area contributed by atoms with Crippen LogP contribution in [0.2, 0.25) is 0 Å². The van der Waals surface area contributed by atoms with E-state index in [1.807, 2.05) is 0 Å². The van der Waals surface area contributed by atoms with E-state index in [1.165, 1.54) is 9.21 Å². The predicted octanol–water partition coefficient (Wildman–Crippen LogP) is 0.536. The number of aryl methyl sites for hydroxylation is 2. The first-order chi connectivity index (χ1) is 13.1. The van der Waals surface area contributed by atoms with Crippen LogP contribution in [0.5, 0.6) is 0 Å². The number of rotatable bonds is 5. The lowest BCUT2D eigenvalue weighted by atomic mass is 9.84. The van der Waals surface area contributed by atoms with Gasteiger partial charge in [0.1, 0.15) is 12.4 Å². The van der Waals surface area contributed by atoms with Gasteiger partial charge in [0.15, 0.2) is 5.03 Å². The van der Waals surface area contributed by atoms with Crippen molar-refractivity contribution in [2.75, 3.05) is 40.4 Å². The first kappa shape index (κ1) is 21.2. The first-order valence-electron chi connectivity index (χ1n) is 9.59. The largest absolute Gasteiger partial charge is 0.375 e. The van der Waals surface area contributed by atoms with Crippen molar-refractivity contribution in [1.29, 1.82) is 0 Å². The van der Waals surface area contributed by atoms with Gasteiger partial charge in [-0.1, -0.05) is 0 Å². The van der Waals surface area contributed by atoms with E-state index >= 15 is 0 Å². The number of imidazole rings is 1. The molecule has 3 rings (SSSR count). The van der Waals surface area contributed by atoms with Crippen molar-refractivity contribution in [3.63, 3.8) is 0 Å². The Morgan fingerprint density at radius 3 is 2.64 bits per heavy atom. The van der Waals surface area contributed by atoms with Gasteiger partial charge in [-0.15, -0.1) is 0 Å². The molecule has 1 aromatic heterocycles. The van der Waals surface area contributed by atoms with Crippen LogP contribution in [-0.4, -0.2) is 85.2 Å². The van der Waals surface area contributed by atoms with Gasteiger partial charge in [-0.2, -0.15) is 4.31 Å². The van der Waals surface area contributed by atoms with Gasteiger partial charge in [0.2, 0.25) is 5.91 Å². The highest BCUT2D eigenvalue weighted by Crippen LogP contribution is 2.37. The SMILES string of the molecule is Cc1nc(S(=O)(=O)N2CCC3(CC2)CC(OCC(=O)N(C)C)CCO3)cn1C. The van der Waals surface area contributed by atoms with E-state index in [9.17, 15) is 13.2 Å². The molecule has 1 spiro atoms. The standard InChI is InChI=1S/C18H30N4O5S/c1-14-19-16(12-21(14)4)28(24,25)22-8-6-18(7-9-22)11-15(5-10-27-18)26-13-17(23)20(2)3/h12,15H,5-11,13H2,1-4H3. The topological polar surface area (TPSA) is 94.0 Å². The van der Waals surface area contributed by atoms with Crippen LogP contribution in [0, 0.1) is 6.92 Å². The lowest BCUT2D eigenvalue weighted by molar-refractivity contribution is -0.159. The molecule has 2 saturated heterocycles. The number of amides is 1. The van der Waals surface area contributed by atoms with Crippen LogP contribution < -0.4 is 0 Å². The van der Waals surface area contributed by atoms with Crippen LogP contribution in [-0.2, 0) is 31.3 Å². The molecule has 28 heavy (non-hydrogen) atoms. The lowest BCUT2D eigenvalue weighted by Crippen LogP contribution is -2.52. The van der Waals surface area contributed by atoms with E-state index in [-0.39, 0.29) is 29.2 Å². The molecule has 1 atom stereocenters. The molecule has 0 aromatic carbocycles. The van der Waals surface area contributed by atoms with Crippen LogP contribution >= 0.6 is 0 Å². The highest BCUT2D eigenvalue weighted by atomic mass is 32.2. The van der Waals surface area contributed by atoms with Gasteiger partial charge in [0.25, 0.3) is 10.0 Å². The molecule has 0 bridgehead atoms. The predicted molar refractivity (Wildman–Crippen MR) is 102 cm³/mol. The molecule has 3 heterocycles. The quantitative estimate of drug-likeness (QED) is 0.698. The molecule has 0 radical (unpaired) electrons. The molecule has 10 heteroatoms. The number of likely N-dealkylation sites (N-methyl/N-ethyl adjacent to an activating group) is 1.